The molecule has 0 radical (unpaired) electrons. The molecule has 2 amide bonds. The van der Waals surface area contributed by atoms with Crippen LogP contribution in [0.2, 0.25) is 0 Å². The smallest absolute Gasteiger partial charge is 0.319 e. The molecule has 2 N–H and O–H groups in total. The van der Waals surface area contributed by atoms with Crippen LogP contribution in [0.3, 0.4) is 0 Å². The highest BCUT2D eigenvalue weighted by Crippen LogP contribution is 2.28. The lowest BCUT2D eigenvalue weighted by atomic mass is 9.99. The molecule has 0 aliphatic carbocycles. The van der Waals surface area contributed by atoms with Gasteiger partial charge in [0.25, 0.3) is 0 Å². The molecule has 2 atom stereocenters. The molecule has 132 valence electrons. The third kappa shape index (κ3) is 4.57. The molecule has 4 nitrogen and oxygen atoms in total. The number of anilines is 1. The summed E-state index contributed by atoms with van der Waals surface area (Å²) in [5.74, 6) is -0.322. The van der Waals surface area contributed by atoms with Gasteiger partial charge in [0.05, 0.1) is 6.04 Å². The minimum absolute atomic E-state index is 0.0547. The summed E-state index contributed by atoms with van der Waals surface area (Å²) in [5, 5.41) is 5.79. The summed E-state index contributed by atoms with van der Waals surface area (Å²) < 4.78 is 13.0. The van der Waals surface area contributed by atoms with Crippen LogP contribution in [0.4, 0.5) is 14.9 Å². The van der Waals surface area contributed by atoms with E-state index in [2.05, 4.69) is 27.7 Å². The van der Waals surface area contributed by atoms with E-state index in [1.54, 1.807) is 12.1 Å². The molecule has 1 aliphatic heterocycles. The van der Waals surface area contributed by atoms with Crippen LogP contribution in [-0.2, 0) is 0 Å². The summed E-state index contributed by atoms with van der Waals surface area (Å²) in [6, 6.07) is 15.9. The first kappa shape index (κ1) is 17.4. The number of nitrogens with zero attached hydrogens (tertiary/aromatic N) is 1. The van der Waals surface area contributed by atoms with E-state index in [0.717, 1.165) is 13.1 Å². The molecule has 0 aromatic heterocycles. The van der Waals surface area contributed by atoms with E-state index in [0.29, 0.717) is 5.69 Å². The first-order valence-electron chi connectivity index (χ1n) is 8.75. The lowest BCUT2D eigenvalue weighted by Crippen LogP contribution is -2.45. The molecular formula is C20H24FN3O. The predicted octanol–water partition coefficient (Wildman–Crippen LogP) is 4.17. The minimum Gasteiger partial charge on any atom is -0.333 e. The van der Waals surface area contributed by atoms with E-state index < -0.39 is 0 Å². The van der Waals surface area contributed by atoms with Crippen molar-refractivity contribution in [1.82, 2.24) is 10.2 Å². The maximum Gasteiger partial charge on any atom is 0.319 e. The van der Waals surface area contributed by atoms with E-state index in [1.165, 1.54) is 30.5 Å². The molecule has 1 saturated heterocycles. The van der Waals surface area contributed by atoms with Gasteiger partial charge < -0.3 is 10.6 Å². The van der Waals surface area contributed by atoms with E-state index >= 15 is 0 Å². The average Bonchev–Trinajstić information content (AvgIpc) is 3.12. The Balaban J connectivity index is 1.68. The van der Waals surface area contributed by atoms with Crippen molar-refractivity contribution in [2.24, 2.45) is 0 Å². The third-order valence-electron chi connectivity index (χ3n) is 4.61. The van der Waals surface area contributed by atoms with Gasteiger partial charge in [0.15, 0.2) is 0 Å². The highest BCUT2D eigenvalue weighted by molar-refractivity contribution is 5.89. The first-order valence-corrected chi connectivity index (χ1v) is 8.75. The topological polar surface area (TPSA) is 44.4 Å². The largest absolute Gasteiger partial charge is 0.333 e. The second-order valence-electron chi connectivity index (χ2n) is 6.49. The van der Waals surface area contributed by atoms with E-state index in [4.69, 9.17) is 0 Å². The summed E-state index contributed by atoms with van der Waals surface area (Å²) in [7, 11) is 0. The van der Waals surface area contributed by atoms with Gasteiger partial charge in [-0.05, 0) is 62.7 Å². The van der Waals surface area contributed by atoms with Crippen LogP contribution in [-0.4, -0.2) is 30.1 Å². The van der Waals surface area contributed by atoms with Gasteiger partial charge in [-0.25, -0.2) is 9.18 Å². The number of carbonyl (C=O) groups excluding carboxylic acids is 1. The molecule has 0 saturated carbocycles. The Morgan fingerprint density at radius 3 is 2.32 bits per heavy atom. The molecule has 3 rings (SSSR count). The van der Waals surface area contributed by atoms with Gasteiger partial charge in [-0.2, -0.15) is 0 Å². The number of nitrogens with one attached hydrogen (secondary N) is 2. The van der Waals surface area contributed by atoms with Gasteiger partial charge in [0.2, 0.25) is 0 Å². The number of urea groups is 1. The number of hydrogen-bond donors (Lipinski definition) is 2. The predicted molar refractivity (Wildman–Crippen MR) is 98.0 cm³/mol. The van der Waals surface area contributed by atoms with Crippen LogP contribution >= 0.6 is 0 Å². The van der Waals surface area contributed by atoms with Crippen LogP contribution in [0.1, 0.15) is 31.4 Å². The SMILES string of the molecule is C[C@@H](NC(=O)Nc1ccc(F)cc1)[C@@H](c1ccccc1)N1CCCC1. The molecule has 5 heteroatoms. The number of hydrogen-bond acceptors (Lipinski definition) is 2. The van der Waals surface area contributed by atoms with Crippen molar-refractivity contribution in [2.45, 2.75) is 31.8 Å². The Labute approximate surface area is 148 Å². The minimum atomic E-state index is -0.322. The second-order valence-corrected chi connectivity index (χ2v) is 6.49. The third-order valence-corrected chi connectivity index (χ3v) is 4.61. The highest BCUT2D eigenvalue weighted by Gasteiger charge is 2.29. The molecule has 0 bridgehead atoms. The lowest BCUT2D eigenvalue weighted by molar-refractivity contribution is 0.197. The van der Waals surface area contributed by atoms with Gasteiger partial charge in [-0.3, -0.25) is 4.90 Å². The molecule has 1 aliphatic rings. The van der Waals surface area contributed by atoms with Gasteiger partial charge in [-0.1, -0.05) is 30.3 Å². The summed E-state index contributed by atoms with van der Waals surface area (Å²) in [6.45, 7) is 4.12. The molecule has 2 aromatic rings. The number of carbonyl (C=O) groups is 1. The Hall–Kier alpha value is -2.40. The summed E-state index contributed by atoms with van der Waals surface area (Å²) >= 11 is 0. The maximum absolute atomic E-state index is 13.0. The Morgan fingerprint density at radius 2 is 1.68 bits per heavy atom. The zero-order valence-corrected chi connectivity index (χ0v) is 14.4. The Bertz CT molecular complexity index is 684. The van der Waals surface area contributed by atoms with Gasteiger partial charge in [-0.15, -0.1) is 0 Å². The Kier molecular flexibility index (Phi) is 5.66. The zero-order valence-electron chi connectivity index (χ0n) is 14.4. The van der Waals surface area contributed by atoms with Crippen molar-refractivity contribution in [3.05, 3.63) is 66.0 Å². The summed E-state index contributed by atoms with van der Waals surface area (Å²) in [4.78, 5) is 14.8. The van der Waals surface area contributed by atoms with Gasteiger partial charge in [0, 0.05) is 11.7 Å². The fourth-order valence-corrected chi connectivity index (χ4v) is 3.47. The van der Waals surface area contributed by atoms with Crippen molar-refractivity contribution in [3.8, 4) is 0 Å². The van der Waals surface area contributed by atoms with Gasteiger partial charge >= 0.3 is 6.03 Å². The van der Waals surface area contributed by atoms with Crippen molar-refractivity contribution >= 4 is 11.7 Å². The lowest BCUT2D eigenvalue weighted by Gasteiger charge is -2.33. The monoisotopic (exact) mass is 341 g/mol. The van der Waals surface area contributed by atoms with Crippen molar-refractivity contribution in [2.75, 3.05) is 18.4 Å². The number of likely N-dealkylation sites (tertiary alicyclic amines) is 1. The highest BCUT2D eigenvalue weighted by atomic mass is 19.1. The maximum atomic E-state index is 13.0. The van der Waals surface area contributed by atoms with Crippen molar-refractivity contribution in [1.29, 1.82) is 0 Å². The average molecular weight is 341 g/mol. The number of benzene rings is 2. The normalized spacial score (nSPS) is 17.0. The second kappa shape index (κ2) is 8.12. The molecule has 0 unspecified atom stereocenters. The van der Waals surface area contributed by atoms with Crippen LogP contribution in [0.15, 0.2) is 54.6 Å². The van der Waals surface area contributed by atoms with Crippen molar-refractivity contribution < 1.29 is 9.18 Å². The molecule has 2 aromatic carbocycles. The van der Waals surface area contributed by atoms with E-state index in [-0.39, 0.29) is 23.9 Å². The molecule has 1 fully saturated rings. The fraction of sp³-hybridized carbons (Fsp3) is 0.350. The summed E-state index contributed by atoms with van der Waals surface area (Å²) in [5.41, 5.74) is 1.78. The first-order chi connectivity index (χ1) is 12.1. The van der Waals surface area contributed by atoms with Crippen LogP contribution in [0.25, 0.3) is 0 Å². The van der Waals surface area contributed by atoms with Crippen LogP contribution in [0, 0.1) is 5.82 Å². The number of halogens is 1. The van der Waals surface area contributed by atoms with E-state index in [9.17, 15) is 9.18 Å². The number of amides is 2. The quantitative estimate of drug-likeness (QED) is 0.857. The molecule has 25 heavy (non-hydrogen) atoms. The molecule has 0 spiro atoms. The molecular weight excluding hydrogens is 317 g/mol. The Morgan fingerprint density at radius 1 is 1.04 bits per heavy atom. The summed E-state index contributed by atoms with van der Waals surface area (Å²) in [6.07, 6.45) is 2.38. The van der Waals surface area contributed by atoms with Crippen LogP contribution in [0.5, 0.6) is 0 Å². The zero-order chi connectivity index (χ0) is 17.6. The van der Waals surface area contributed by atoms with Crippen molar-refractivity contribution in [3.63, 3.8) is 0 Å². The fourth-order valence-electron chi connectivity index (χ4n) is 3.47. The standard InChI is InChI=1S/C20H24FN3O/c1-15(22-20(25)23-18-11-9-17(21)10-12-18)19(24-13-5-6-14-24)16-7-3-2-4-8-16/h2-4,7-12,15,19H,5-6,13-14H2,1H3,(H2,22,23,25)/t15-,19+/m1/s1. The van der Waals surface area contributed by atoms with E-state index in [1.807, 2.05) is 25.1 Å². The molecule has 1 heterocycles. The number of rotatable bonds is 5. The van der Waals surface area contributed by atoms with Crippen LogP contribution < -0.4 is 10.6 Å². The van der Waals surface area contributed by atoms with Gasteiger partial charge in [0.1, 0.15) is 5.82 Å².